The van der Waals surface area contributed by atoms with Gasteiger partial charge >= 0.3 is 0 Å². The Kier molecular flexibility index (Phi) is 4.04. The first kappa shape index (κ1) is 13.1. The van der Waals surface area contributed by atoms with Crippen molar-refractivity contribution in [3.05, 3.63) is 23.7 Å². The maximum Gasteiger partial charge on any atom is 0.289 e. The Balaban J connectivity index is 2.02. The molecule has 5 nitrogen and oxygen atoms in total. The maximum absolute atomic E-state index is 12.1. The molecule has 1 aromatic rings. The normalized spacial score (nSPS) is 24.3. The molecular formula is C13H19NO4. The Morgan fingerprint density at radius 3 is 3.06 bits per heavy atom. The lowest BCUT2D eigenvalue weighted by Crippen LogP contribution is -2.45. The molecule has 1 aliphatic heterocycles. The number of aliphatic hydroxyl groups is 1. The van der Waals surface area contributed by atoms with Crippen LogP contribution in [0.1, 0.15) is 29.7 Å². The number of ether oxygens (including phenoxy) is 1. The number of methoxy groups -OCH3 is 1. The molecule has 2 rings (SSSR count). The molecule has 0 bridgehead atoms. The minimum atomic E-state index is -0.448. The number of likely N-dealkylation sites (tertiary alicyclic amines) is 1. The molecule has 0 aliphatic carbocycles. The van der Waals surface area contributed by atoms with Gasteiger partial charge in [-0.25, -0.2) is 0 Å². The average Bonchev–Trinajstić information content (AvgIpc) is 2.81. The van der Waals surface area contributed by atoms with Crippen molar-refractivity contribution in [1.29, 1.82) is 0 Å². The second-order valence-electron chi connectivity index (χ2n) is 4.78. The zero-order valence-electron chi connectivity index (χ0n) is 10.8. The standard InChI is InChI=1S/C13H19NO4/c1-9-5-6-14(7-11(9)15)13(16)12-4-3-10(18-12)8-17-2/h3-4,9,11,15H,5-8H2,1-2H3. The van der Waals surface area contributed by atoms with Gasteiger partial charge in [-0.05, 0) is 24.5 Å². The minimum absolute atomic E-state index is 0.164. The maximum atomic E-state index is 12.1. The van der Waals surface area contributed by atoms with E-state index in [-0.39, 0.29) is 11.8 Å². The lowest BCUT2D eigenvalue weighted by molar-refractivity contribution is 0.0228. The SMILES string of the molecule is COCc1ccc(C(=O)N2CCC(C)C(O)C2)o1. The van der Waals surface area contributed by atoms with Gasteiger partial charge < -0.3 is 19.2 Å². The van der Waals surface area contributed by atoms with E-state index in [9.17, 15) is 9.90 Å². The summed E-state index contributed by atoms with van der Waals surface area (Å²) in [5.74, 6) is 1.02. The summed E-state index contributed by atoms with van der Waals surface area (Å²) < 4.78 is 10.3. The fourth-order valence-electron chi connectivity index (χ4n) is 2.10. The monoisotopic (exact) mass is 253 g/mol. The van der Waals surface area contributed by atoms with Gasteiger partial charge in [-0.1, -0.05) is 6.92 Å². The molecule has 2 unspecified atom stereocenters. The van der Waals surface area contributed by atoms with E-state index in [1.807, 2.05) is 6.92 Å². The Labute approximate surface area is 106 Å². The van der Waals surface area contributed by atoms with Gasteiger partial charge in [0.15, 0.2) is 5.76 Å². The second kappa shape index (κ2) is 5.54. The summed E-state index contributed by atoms with van der Waals surface area (Å²) in [6.45, 7) is 3.39. The first-order valence-electron chi connectivity index (χ1n) is 6.16. The molecule has 1 saturated heterocycles. The first-order chi connectivity index (χ1) is 8.61. The highest BCUT2D eigenvalue weighted by Crippen LogP contribution is 2.20. The number of aliphatic hydroxyl groups excluding tert-OH is 1. The lowest BCUT2D eigenvalue weighted by atomic mass is 9.96. The third-order valence-electron chi connectivity index (χ3n) is 3.36. The van der Waals surface area contributed by atoms with E-state index >= 15 is 0 Å². The van der Waals surface area contributed by atoms with E-state index < -0.39 is 6.10 Å². The molecule has 1 N–H and O–H groups in total. The molecule has 1 aliphatic rings. The number of carbonyl (C=O) groups is 1. The summed E-state index contributed by atoms with van der Waals surface area (Å²) in [5, 5.41) is 9.79. The molecule has 5 heteroatoms. The quantitative estimate of drug-likeness (QED) is 0.881. The Morgan fingerprint density at radius 2 is 2.39 bits per heavy atom. The fourth-order valence-corrected chi connectivity index (χ4v) is 2.10. The van der Waals surface area contributed by atoms with E-state index in [1.165, 1.54) is 0 Å². The molecule has 100 valence electrons. The molecule has 0 aromatic carbocycles. The smallest absolute Gasteiger partial charge is 0.289 e. The number of hydrogen-bond donors (Lipinski definition) is 1. The zero-order valence-corrected chi connectivity index (χ0v) is 10.8. The summed E-state index contributed by atoms with van der Waals surface area (Å²) in [4.78, 5) is 13.8. The number of piperidine rings is 1. The van der Waals surface area contributed by atoms with Crippen LogP contribution in [0.5, 0.6) is 0 Å². The third kappa shape index (κ3) is 2.73. The summed E-state index contributed by atoms with van der Waals surface area (Å²) in [6, 6.07) is 3.39. The minimum Gasteiger partial charge on any atom is -0.453 e. The number of carbonyl (C=O) groups excluding carboxylic acids is 1. The van der Waals surface area contributed by atoms with Crippen molar-refractivity contribution in [2.24, 2.45) is 5.92 Å². The van der Waals surface area contributed by atoms with Crippen molar-refractivity contribution in [3.8, 4) is 0 Å². The molecule has 0 spiro atoms. The van der Waals surface area contributed by atoms with Crippen LogP contribution >= 0.6 is 0 Å². The van der Waals surface area contributed by atoms with Crippen molar-refractivity contribution in [1.82, 2.24) is 4.90 Å². The highest BCUT2D eigenvalue weighted by atomic mass is 16.5. The average molecular weight is 253 g/mol. The van der Waals surface area contributed by atoms with Crippen LogP contribution in [0, 0.1) is 5.92 Å². The van der Waals surface area contributed by atoms with Crippen LogP contribution in [0.4, 0.5) is 0 Å². The van der Waals surface area contributed by atoms with E-state index in [0.29, 0.717) is 31.2 Å². The van der Waals surface area contributed by atoms with Crippen LogP contribution in [-0.2, 0) is 11.3 Å². The number of furan rings is 1. The van der Waals surface area contributed by atoms with Gasteiger partial charge in [0, 0.05) is 20.2 Å². The van der Waals surface area contributed by atoms with Crippen LogP contribution in [0.2, 0.25) is 0 Å². The largest absolute Gasteiger partial charge is 0.453 e. The summed E-state index contributed by atoms with van der Waals surface area (Å²) in [6.07, 6.45) is 0.370. The highest BCUT2D eigenvalue weighted by molar-refractivity contribution is 5.91. The molecular weight excluding hydrogens is 234 g/mol. The first-order valence-corrected chi connectivity index (χ1v) is 6.16. The Hall–Kier alpha value is -1.33. The van der Waals surface area contributed by atoms with Crippen molar-refractivity contribution < 1.29 is 19.1 Å². The number of rotatable bonds is 3. The van der Waals surface area contributed by atoms with Crippen molar-refractivity contribution in [3.63, 3.8) is 0 Å². The van der Waals surface area contributed by atoms with Gasteiger partial charge in [-0.15, -0.1) is 0 Å². The predicted octanol–water partition coefficient (Wildman–Crippen LogP) is 1.27. The van der Waals surface area contributed by atoms with Crippen LogP contribution in [0.15, 0.2) is 16.5 Å². The number of β-amino-alcohol motifs (C(OH)–C–C–N with tert-alkyl or cyclic N) is 1. The van der Waals surface area contributed by atoms with Gasteiger partial charge in [0.25, 0.3) is 5.91 Å². The lowest BCUT2D eigenvalue weighted by Gasteiger charge is -2.33. The number of nitrogens with zero attached hydrogens (tertiary/aromatic N) is 1. The molecule has 1 amide bonds. The third-order valence-corrected chi connectivity index (χ3v) is 3.36. The van der Waals surface area contributed by atoms with Crippen molar-refractivity contribution in [2.75, 3.05) is 20.2 Å². The van der Waals surface area contributed by atoms with Gasteiger partial charge in [-0.2, -0.15) is 0 Å². The molecule has 0 radical (unpaired) electrons. The van der Waals surface area contributed by atoms with Gasteiger partial charge in [0.05, 0.1) is 6.10 Å². The Bertz CT molecular complexity index is 415. The second-order valence-corrected chi connectivity index (χ2v) is 4.78. The van der Waals surface area contributed by atoms with Crippen LogP contribution < -0.4 is 0 Å². The molecule has 2 heterocycles. The number of amides is 1. The topological polar surface area (TPSA) is 62.9 Å². The predicted molar refractivity (Wildman–Crippen MR) is 65.1 cm³/mol. The molecule has 18 heavy (non-hydrogen) atoms. The molecule has 2 atom stereocenters. The van der Waals surface area contributed by atoms with E-state index in [2.05, 4.69) is 0 Å². The molecule has 1 aromatic heterocycles. The van der Waals surface area contributed by atoms with Crippen molar-refractivity contribution >= 4 is 5.91 Å². The van der Waals surface area contributed by atoms with Gasteiger partial charge in [0.2, 0.25) is 0 Å². The molecule has 1 fully saturated rings. The van der Waals surface area contributed by atoms with E-state index in [0.717, 1.165) is 6.42 Å². The summed E-state index contributed by atoms with van der Waals surface area (Å²) in [5.41, 5.74) is 0. The summed E-state index contributed by atoms with van der Waals surface area (Å²) in [7, 11) is 1.58. The van der Waals surface area contributed by atoms with Crippen molar-refractivity contribution in [2.45, 2.75) is 26.1 Å². The van der Waals surface area contributed by atoms with E-state index in [4.69, 9.17) is 9.15 Å². The van der Waals surface area contributed by atoms with Gasteiger partial charge in [-0.3, -0.25) is 4.79 Å². The molecule has 0 saturated carbocycles. The van der Waals surface area contributed by atoms with Crippen LogP contribution in [-0.4, -0.2) is 42.2 Å². The van der Waals surface area contributed by atoms with Gasteiger partial charge in [0.1, 0.15) is 12.4 Å². The van der Waals surface area contributed by atoms with E-state index in [1.54, 1.807) is 24.1 Å². The summed E-state index contributed by atoms with van der Waals surface area (Å²) >= 11 is 0. The van der Waals surface area contributed by atoms with Crippen LogP contribution in [0.3, 0.4) is 0 Å². The zero-order chi connectivity index (χ0) is 13.1. The van der Waals surface area contributed by atoms with Crippen LogP contribution in [0.25, 0.3) is 0 Å². The highest BCUT2D eigenvalue weighted by Gasteiger charge is 2.29. The number of hydrogen-bond acceptors (Lipinski definition) is 4. The Morgan fingerprint density at radius 1 is 1.61 bits per heavy atom. The fraction of sp³-hybridized carbons (Fsp3) is 0.615.